The molecule has 130 valence electrons. The Hall–Kier alpha value is -2.57. The topological polar surface area (TPSA) is 100 Å². The van der Waals surface area contributed by atoms with Crippen LogP contribution in [0, 0.1) is 0 Å². The smallest absolute Gasteiger partial charge is 0.329 e. The predicted octanol–water partition coefficient (Wildman–Crippen LogP) is 1.69. The van der Waals surface area contributed by atoms with E-state index in [1.165, 1.54) is 18.7 Å². The second-order valence-electron chi connectivity index (χ2n) is 5.67. The average molecular weight is 333 g/mol. The number of rotatable bonds is 5. The largest absolute Gasteiger partial charge is 0.504 e. The molecule has 1 aromatic carbocycles. The number of benzene rings is 1. The molecule has 1 saturated carbocycles. The SMILES string of the molecule is CCOc1cc(/C=N/NC(=O)C(=O)NC2CCCCC2)ccc1O. The Balaban J connectivity index is 1.85. The molecular formula is C17H23N3O4. The number of phenols is 1. The third-order valence-electron chi connectivity index (χ3n) is 3.81. The molecule has 2 amide bonds. The molecule has 0 radical (unpaired) electrons. The number of carbonyl (C=O) groups excluding carboxylic acids is 2. The van der Waals surface area contributed by atoms with Crippen molar-refractivity contribution in [1.82, 2.24) is 10.7 Å². The molecule has 0 aromatic heterocycles. The highest BCUT2D eigenvalue weighted by molar-refractivity contribution is 6.35. The van der Waals surface area contributed by atoms with Crippen molar-refractivity contribution < 1.29 is 19.4 Å². The summed E-state index contributed by atoms with van der Waals surface area (Å²) in [4.78, 5) is 23.5. The monoisotopic (exact) mass is 333 g/mol. The Bertz CT molecular complexity index is 610. The number of hydrogen-bond acceptors (Lipinski definition) is 5. The molecule has 7 nitrogen and oxygen atoms in total. The summed E-state index contributed by atoms with van der Waals surface area (Å²) >= 11 is 0. The Morgan fingerprint density at radius 1 is 1.29 bits per heavy atom. The molecule has 24 heavy (non-hydrogen) atoms. The van der Waals surface area contributed by atoms with Crippen molar-refractivity contribution in [2.45, 2.75) is 45.1 Å². The molecule has 0 heterocycles. The zero-order valence-electron chi connectivity index (χ0n) is 13.7. The van der Waals surface area contributed by atoms with Gasteiger partial charge in [-0.3, -0.25) is 9.59 Å². The Morgan fingerprint density at radius 3 is 2.75 bits per heavy atom. The van der Waals surface area contributed by atoms with Gasteiger partial charge in [-0.05, 0) is 43.5 Å². The van der Waals surface area contributed by atoms with Crippen LogP contribution in [0.5, 0.6) is 11.5 Å². The lowest BCUT2D eigenvalue weighted by Crippen LogP contribution is -2.44. The highest BCUT2D eigenvalue weighted by atomic mass is 16.5. The van der Waals surface area contributed by atoms with Gasteiger partial charge in [0.25, 0.3) is 0 Å². The van der Waals surface area contributed by atoms with Crippen molar-refractivity contribution in [3.63, 3.8) is 0 Å². The number of aromatic hydroxyl groups is 1. The molecule has 1 fully saturated rings. The quantitative estimate of drug-likeness (QED) is 0.434. The van der Waals surface area contributed by atoms with E-state index < -0.39 is 11.8 Å². The highest BCUT2D eigenvalue weighted by Crippen LogP contribution is 2.26. The number of nitrogens with zero attached hydrogens (tertiary/aromatic N) is 1. The van der Waals surface area contributed by atoms with Crippen LogP contribution in [0.4, 0.5) is 0 Å². The number of amides is 2. The summed E-state index contributed by atoms with van der Waals surface area (Å²) < 4.78 is 5.26. The molecule has 0 saturated heterocycles. The van der Waals surface area contributed by atoms with Gasteiger partial charge < -0.3 is 15.2 Å². The van der Waals surface area contributed by atoms with E-state index in [0.29, 0.717) is 17.9 Å². The molecule has 1 aliphatic rings. The van der Waals surface area contributed by atoms with Crippen molar-refractivity contribution in [2.24, 2.45) is 5.10 Å². The Labute approximate surface area is 141 Å². The first kappa shape index (κ1) is 17.8. The van der Waals surface area contributed by atoms with Crippen LogP contribution in [-0.2, 0) is 9.59 Å². The van der Waals surface area contributed by atoms with Crippen molar-refractivity contribution in [1.29, 1.82) is 0 Å². The van der Waals surface area contributed by atoms with Gasteiger partial charge in [0.15, 0.2) is 11.5 Å². The van der Waals surface area contributed by atoms with Gasteiger partial charge in [-0.25, -0.2) is 5.43 Å². The molecule has 0 spiro atoms. The Morgan fingerprint density at radius 2 is 2.04 bits per heavy atom. The van der Waals surface area contributed by atoms with E-state index in [-0.39, 0.29) is 11.8 Å². The van der Waals surface area contributed by atoms with Crippen LogP contribution in [0.15, 0.2) is 23.3 Å². The van der Waals surface area contributed by atoms with Crippen LogP contribution < -0.4 is 15.5 Å². The lowest BCUT2D eigenvalue weighted by molar-refractivity contribution is -0.139. The van der Waals surface area contributed by atoms with Gasteiger partial charge in [0.1, 0.15) is 0 Å². The van der Waals surface area contributed by atoms with Gasteiger partial charge >= 0.3 is 11.8 Å². The second-order valence-corrected chi connectivity index (χ2v) is 5.67. The lowest BCUT2D eigenvalue weighted by atomic mass is 9.95. The van der Waals surface area contributed by atoms with Crippen LogP contribution in [0.25, 0.3) is 0 Å². The van der Waals surface area contributed by atoms with Crippen LogP contribution in [0.1, 0.15) is 44.6 Å². The second kappa shape index (κ2) is 8.90. The zero-order chi connectivity index (χ0) is 17.4. The van der Waals surface area contributed by atoms with Crippen molar-refractivity contribution >= 4 is 18.0 Å². The highest BCUT2D eigenvalue weighted by Gasteiger charge is 2.19. The molecule has 7 heteroatoms. The minimum atomic E-state index is -0.791. The maximum atomic E-state index is 11.8. The first-order valence-electron chi connectivity index (χ1n) is 8.20. The lowest BCUT2D eigenvalue weighted by Gasteiger charge is -2.22. The summed E-state index contributed by atoms with van der Waals surface area (Å²) in [5, 5.41) is 16.1. The average Bonchev–Trinajstić information content (AvgIpc) is 2.58. The van der Waals surface area contributed by atoms with E-state index in [2.05, 4.69) is 15.8 Å². The van der Waals surface area contributed by atoms with Crippen molar-refractivity contribution in [3.05, 3.63) is 23.8 Å². The Kier molecular flexibility index (Phi) is 6.60. The number of ether oxygens (including phenoxy) is 1. The molecule has 1 aliphatic carbocycles. The van der Waals surface area contributed by atoms with E-state index in [1.54, 1.807) is 12.1 Å². The van der Waals surface area contributed by atoms with Crippen LogP contribution in [0.2, 0.25) is 0 Å². The van der Waals surface area contributed by atoms with Gasteiger partial charge in [-0.15, -0.1) is 0 Å². The summed E-state index contributed by atoms with van der Waals surface area (Å²) in [6.07, 6.45) is 6.54. The molecule has 0 unspecified atom stereocenters. The summed E-state index contributed by atoms with van der Waals surface area (Å²) in [7, 11) is 0. The fraction of sp³-hybridized carbons (Fsp3) is 0.471. The number of carbonyl (C=O) groups is 2. The number of hydrazone groups is 1. The van der Waals surface area contributed by atoms with Gasteiger partial charge in [-0.2, -0.15) is 5.10 Å². The van der Waals surface area contributed by atoms with Gasteiger partial charge in [0.2, 0.25) is 0 Å². The third kappa shape index (κ3) is 5.26. The summed E-state index contributed by atoms with van der Waals surface area (Å²) in [5.74, 6) is -1.09. The molecular weight excluding hydrogens is 310 g/mol. The van der Waals surface area contributed by atoms with E-state index in [4.69, 9.17) is 4.74 Å². The molecule has 0 atom stereocenters. The van der Waals surface area contributed by atoms with Crippen LogP contribution in [-0.4, -0.2) is 35.8 Å². The third-order valence-corrected chi connectivity index (χ3v) is 3.81. The van der Waals surface area contributed by atoms with E-state index in [9.17, 15) is 14.7 Å². The van der Waals surface area contributed by atoms with Crippen LogP contribution in [0.3, 0.4) is 0 Å². The van der Waals surface area contributed by atoms with E-state index >= 15 is 0 Å². The zero-order valence-corrected chi connectivity index (χ0v) is 13.7. The molecule has 1 aromatic rings. The molecule has 2 rings (SSSR count). The normalized spacial score (nSPS) is 15.2. The predicted molar refractivity (Wildman–Crippen MR) is 90.0 cm³/mol. The minimum absolute atomic E-state index is 0.0323. The fourth-order valence-electron chi connectivity index (χ4n) is 2.60. The number of nitrogens with one attached hydrogen (secondary N) is 2. The minimum Gasteiger partial charge on any atom is -0.504 e. The van der Waals surface area contributed by atoms with Gasteiger partial charge in [0.05, 0.1) is 12.8 Å². The summed E-state index contributed by atoms with van der Waals surface area (Å²) in [5.41, 5.74) is 2.83. The maximum absolute atomic E-state index is 11.8. The van der Waals surface area contributed by atoms with Crippen molar-refractivity contribution in [3.8, 4) is 11.5 Å². The number of phenolic OH excluding ortho intramolecular Hbond substituents is 1. The molecule has 3 N–H and O–H groups in total. The maximum Gasteiger partial charge on any atom is 0.329 e. The first-order valence-corrected chi connectivity index (χ1v) is 8.20. The van der Waals surface area contributed by atoms with E-state index in [0.717, 1.165) is 25.7 Å². The fourth-order valence-corrected chi connectivity index (χ4v) is 2.60. The van der Waals surface area contributed by atoms with Crippen molar-refractivity contribution in [2.75, 3.05) is 6.61 Å². The molecule has 0 bridgehead atoms. The summed E-state index contributed by atoms with van der Waals surface area (Å²) in [6, 6.07) is 4.77. The molecule has 0 aliphatic heterocycles. The van der Waals surface area contributed by atoms with Gasteiger partial charge in [0, 0.05) is 6.04 Å². The van der Waals surface area contributed by atoms with Crippen LogP contribution >= 0.6 is 0 Å². The first-order chi connectivity index (χ1) is 11.6. The van der Waals surface area contributed by atoms with E-state index in [1.807, 2.05) is 6.92 Å². The van der Waals surface area contributed by atoms with Gasteiger partial charge in [-0.1, -0.05) is 19.3 Å². The number of hydrogen-bond donors (Lipinski definition) is 3. The standard InChI is InChI=1S/C17H23N3O4/c1-2-24-15-10-12(8-9-14(15)21)11-18-20-17(23)16(22)19-13-6-4-3-5-7-13/h8-11,13,21H,2-7H2,1H3,(H,19,22)(H,20,23)/b18-11+. The summed E-state index contributed by atoms with van der Waals surface area (Å²) in [6.45, 7) is 2.23.